The van der Waals surface area contributed by atoms with Crippen molar-refractivity contribution < 1.29 is 18.4 Å². The summed E-state index contributed by atoms with van der Waals surface area (Å²) >= 11 is 0. The number of primary amides is 1. The third kappa shape index (κ3) is 2.59. The van der Waals surface area contributed by atoms with Gasteiger partial charge < -0.3 is 14.6 Å². The van der Waals surface area contributed by atoms with E-state index < -0.39 is 11.8 Å². The zero-order chi connectivity index (χ0) is 15.5. The molecule has 0 saturated heterocycles. The number of benzene rings is 1. The van der Waals surface area contributed by atoms with Crippen molar-refractivity contribution in [2.24, 2.45) is 10.8 Å². The molecule has 0 aliphatic heterocycles. The molecule has 22 heavy (non-hydrogen) atoms. The van der Waals surface area contributed by atoms with E-state index in [4.69, 9.17) is 14.6 Å². The average Bonchev–Trinajstić information content (AvgIpc) is 3.06. The Labute approximate surface area is 124 Å². The maximum atomic E-state index is 11.8. The van der Waals surface area contributed by atoms with Crippen LogP contribution in [0.4, 0.5) is 0 Å². The quantitative estimate of drug-likeness (QED) is 0.711. The van der Waals surface area contributed by atoms with E-state index in [2.05, 4.69) is 10.5 Å². The molecule has 0 aliphatic rings. The number of nitrogens with zero attached hydrogens (tertiary/aromatic N) is 1. The maximum Gasteiger partial charge on any atom is 0.307 e. The van der Waals surface area contributed by atoms with Gasteiger partial charge in [0.05, 0.1) is 6.26 Å². The average molecular weight is 297 g/mol. The van der Waals surface area contributed by atoms with Crippen molar-refractivity contribution in [2.45, 2.75) is 0 Å². The topological polar surface area (TPSA) is 111 Å². The van der Waals surface area contributed by atoms with Crippen LogP contribution in [-0.2, 0) is 0 Å². The number of furan rings is 1. The normalized spacial score (nSPS) is 11.5. The van der Waals surface area contributed by atoms with Crippen LogP contribution in [0.5, 0.6) is 0 Å². The summed E-state index contributed by atoms with van der Waals surface area (Å²) in [4.78, 5) is 23.3. The van der Waals surface area contributed by atoms with Gasteiger partial charge in [0.25, 0.3) is 5.91 Å². The standard InChI is InChI=1S/C15H11N3O4/c16-13(19)10-8-9-4-1-2-5-11(9)22-15(10)18-17-14(20)12-6-3-7-21-12/h1-8H,(H2,16,19)(H,17,20). The van der Waals surface area contributed by atoms with Gasteiger partial charge in [-0.3, -0.25) is 9.59 Å². The largest absolute Gasteiger partial charge is 0.459 e. The van der Waals surface area contributed by atoms with E-state index in [1.807, 2.05) is 0 Å². The number of nitrogens with two attached hydrogens (primary N) is 1. The van der Waals surface area contributed by atoms with Crippen LogP contribution in [-0.4, -0.2) is 11.8 Å². The first-order valence-corrected chi connectivity index (χ1v) is 6.35. The van der Waals surface area contributed by atoms with E-state index in [0.717, 1.165) is 0 Å². The molecule has 2 aromatic heterocycles. The minimum absolute atomic E-state index is 0.0680. The second-order valence-corrected chi connectivity index (χ2v) is 4.40. The summed E-state index contributed by atoms with van der Waals surface area (Å²) in [5.74, 6) is -1.19. The van der Waals surface area contributed by atoms with Gasteiger partial charge >= 0.3 is 5.91 Å². The molecule has 0 atom stereocenters. The second kappa shape index (κ2) is 5.57. The molecule has 0 radical (unpaired) electrons. The zero-order valence-electron chi connectivity index (χ0n) is 11.3. The molecule has 7 nitrogen and oxygen atoms in total. The molecule has 7 heteroatoms. The molecule has 0 unspecified atom stereocenters. The van der Waals surface area contributed by atoms with E-state index in [0.29, 0.717) is 11.0 Å². The molecule has 0 spiro atoms. The molecule has 3 aromatic rings. The number of fused-ring (bicyclic) bond motifs is 1. The Bertz CT molecular complexity index is 910. The zero-order valence-corrected chi connectivity index (χ0v) is 11.3. The summed E-state index contributed by atoms with van der Waals surface area (Å²) in [6.45, 7) is 0. The van der Waals surface area contributed by atoms with E-state index >= 15 is 0 Å². The molecule has 0 aliphatic carbocycles. The van der Waals surface area contributed by atoms with Crippen molar-refractivity contribution in [1.82, 2.24) is 5.43 Å². The number of nitrogens with one attached hydrogen (secondary N) is 1. The Balaban J connectivity index is 2.04. The number of hydrogen-bond acceptors (Lipinski definition) is 5. The lowest BCUT2D eigenvalue weighted by atomic mass is 10.2. The van der Waals surface area contributed by atoms with Gasteiger partial charge in [-0.2, -0.15) is 0 Å². The number of rotatable bonds is 3. The van der Waals surface area contributed by atoms with Gasteiger partial charge in [-0.05, 0) is 24.3 Å². The summed E-state index contributed by atoms with van der Waals surface area (Å²) in [5.41, 5.74) is 8.07. The Morgan fingerprint density at radius 3 is 2.68 bits per heavy atom. The molecule has 2 heterocycles. The minimum Gasteiger partial charge on any atom is -0.459 e. The summed E-state index contributed by atoms with van der Waals surface area (Å²) in [6, 6.07) is 11.7. The van der Waals surface area contributed by atoms with Crippen LogP contribution >= 0.6 is 0 Å². The monoisotopic (exact) mass is 297 g/mol. The third-order valence-corrected chi connectivity index (χ3v) is 2.93. The van der Waals surface area contributed by atoms with Crippen molar-refractivity contribution >= 4 is 22.8 Å². The Kier molecular flexibility index (Phi) is 3.45. The van der Waals surface area contributed by atoms with Gasteiger partial charge in [0.15, 0.2) is 5.76 Å². The highest BCUT2D eigenvalue weighted by Gasteiger charge is 2.11. The Morgan fingerprint density at radius 1 is 1.14 bits per heavy atom. The van der Waals surface area contributed by atoms with Crippen molar-refractivity contribution in [3.63, 3.8) is 0 Å². The van der Waals surface area contributed by atoms with Gasteiger partial charge in [-0.25, -0.2) is 5.43 Å². The highest BCUT2D eigenvalue weighted by atomic mass is 16.3. The van der Waals surface area contributed by atoms with Crippen molar-refractivity contribution in [1.29, 1.82) is 0 Å². The molecule has 0 bridgehead atoms. The van der Waals surface area contributed by atoms with Crippen LogP contribution in [0.1, 0.15) is 20.9 Å². The van der Waals surface area contributed by atoms with Crippen LogP contribution in [0.3, 0.4) is 0 Å². The van der Waals surface area contributed by atoms with E-state index in [1.165, 1.54) is 12.3 Å². The van der Waals surface area contributed by atoms with Gasteiger partial charge in [0.1, 0.15) is 11.1 Å². The van der Waals surface area contributed by atoms with Crippen molar-refractivity contribution in [3.05, 3.63) is 65.6 Å². The molecule has 110 valence electrons. The van der Waals surface area contributed by atoms with E-state index in [-0.39, 0.29) is 16.9 Å². The van der Waals surface area contributed by atoms with Crippen LogP contribution < -0.4 is 16.7 Å². The molecule has 0 fully saturated rings. The Hall–Kier alpha value is -3.35. The first-order valence-electron chi connectivity index (χ1n) is 6.35. The van der Waals surface area contributed by atoms with Gasteiger partial charge in [-0.15, -0.1) is 5.10 Å². The highest BCUT2D eigenvalue weighted by Crippen LogP contribution is 2.12. The van der Waals surface area contributed by atoms with Gasteiger partial charge in [-0.1, -0.05) is 18.2 Å². The molecular weight excluding hydrogens is 286 g/mol. The fraction of sp³-hybridized carbons (Fsp3) is 0. The molecule has 1 aromatic carbocycles. The lowest BCUT2D eigenvalue weighted by Gasteiger charge is -2.01. The molecule has 2 amide bonds. The highest BCUT2D eigenvalue weighted by molar-refractivity contribution is 5.95. The summed E-state index contributed by atoms with van der Waals surface area (Å²) in [5, 5.41) is 4.51. The van der Waals surface area contributed by atoms with Crippen LogP contribution in [0.25, 0.3) is 11.0 Å². The molecule has 3 N–H and O–H groups in total. The number of carbonyl (C=O) groups excluding carboxylic acids is 2. The maximum absolute atomic E-state index is 11.8. The van der Waals surface area contributed by atoms with Crippen molar-refractivity contribution in [3.8, 4) is 0 Å². The van der Waals surface area contributed by atoms with E-state index in [9.17, 15) is 9.59 Å². The van der Waals surface area contributed by atoms with Gasteiger partial charge in [0.2, 0.25) is 5.55 Å². The second-order valence-electron chi connectivity index (χ2n) is 4.40. The lowest BCUT2D eigenvalue weighted by molar-refractivity contribution is 0.0920. The minimum atomic E-state index is -0.708. The van der Waals surface area contributed by atoms with E-state index in [1.54, 1.807) is 36.4 Å². The lowest BCUT2D eigenvalue weighted by Crippen LogP contribution is -2.26. The summed E-state index contributed by atoms with van der Waals surface area (Å²) in [7, 11) is 0. The Morgan fingerprint density at radius 2 is 1.95 bits per heavy atom. The molecule has 0 saturated carbocycles. The smallest absolute Gasteiger partial charge is 0.307 e. The third-order valence-electron chi connectivity index (χ3n) is 2.93. The first-order chi connectivity index (χ1) is 10.6. The van der Waals surface area contributed by atoms with Gasteiger partial charge in [0, 0.05) is 5.39 Å². The van der Waals surface area contributed by atoms with Crippen molar-refractivity contribution in [2.75, 3.05) is 0 Å². The molecular formula is C15H11N3O4. The van der Waals surface area contributed by atoms with Crippen LogP contribution in [0, 0.1) is 0 Å². The number of hydrogen-bond donors (Lipinski definition) is 2. The van der Waals surface area contributed by atoms with Crippen LogP contribution in [0.15, 0.2) is 62.7 Å². The first kappa shape index (κ1) is 13.6. The van der Waals surface area contributed by atoms with Crippen LogP contribution in [0.2, 0.25) is 0 Å². The predicted octanol–water partition coefficient (Wildman–Crippen LogP) is 1.37. The number of para-hydroxylation sites is 1. The predicted molar refractivity (Wildman–Crippen MR) is 76.5 cm³/mol. The number of amides is 2. The molecule has 3 rings (SSSR count). The fourth-order valence-corrected chi connectivity index (χ4v) is 1.89. The SMILES string of the molecule is NC(=O)c1cc2ccccc2oc1=NNC(=O)c1ccco1. The number of carbonyl (C=O) groups is 2. The summed E-state index contributed by atoms with van der Waals surface area (Å²) in [6.07, 6.45) is 1.37. The summed E-state index contributed by atoms with van der Waals surface area (Å²) < 4.78 is 10.4. The fourth-order valence-electron chi connectivity index (χ4n) is 1.89.